The van der Waals surface area contributed by atoms with Crippen molar-refractivity contribution in [2.45, 2.75) is 32.4 Å². The number of hydrogen-bond donors (Lipinski definition) is 2. The lowest BCUT2D eigenvalue weighted by molar-refractivity contribution is -0.145. The molecule has 0 spiro atoms. The third kappa shape index (κ3) is 8.61. The minimum Gasteiger partial charge on any atom is -0.464 e. The maximum atomic E-state index is 12.7. The molecule has 2 heterocycles. The molecule has 9 nitrogen and oxygen atoms in total. The number of nitrogens with zero attached hydrogens (tertiary/aromatic N) is 2. The minimum atomic E-state index is -0.715. The van der Waals surface area contributed by atoms with Gasteiger partial charge in [0, 0.05) is 23.7 Å². The predicted molar refractivity (Wildman–Crippen MR) is 142 cm³/mol. The molecular weight excluding hydrogens is 520 g/mol. The molecule has 12 heteroatoms. The molecule has 0 aliphatic heterocycles. The third-order valence-electron chi connectivity index (χ3n) is 4.82. The Morgan fingerprint density at radius 1 is 1.08 bits per heavy atom. The van der Waals surface area contributed by atoms with Crippen LogP contribution in [0.25, 0.3) is 10.7 Å². The number of benzene rings is 1. The second-order valence-electron chi connectivity index (χ2n) is 7.46. The van der Waals surface area contributed by atoms with Gasteiger partial charge in [0.2, 0.25) is 0 Å². The Morgan fingerprint density at radius 2 is 1.89 bits per heavy atom. The molecule has 0 fully saturated rings. The van der Waals surface area contributed by atoms with E-state index in [2.05, 4.69) is 20.6 Å². The van der Waals surface area contributed by atoms with Gasteiger partial charge in [-0.2, -0.15) is 11.8 Å². The van der Waals surface area contributed by atoms with E-state index in [1.54, 1.807) is 24.1 Å². The number of aromatic nitrogens is 2. The van der Waals surface area contributed by atoms with Gasteiger partial charge in [0.25, 0.3) is 5.91 Å². The number of nitrogens with one attached hydrogen (secondary N) is 2. The summed E-state index contributed by atoms with van der Waals surface area (Å²) in [7, 11) is 0. The monoisotopic (exact) mass is 548 g/mol. The van der Waals surface area contributed by atoms with Gasteiger partial charge in [-0.05, 0) is 30.9 Å². The van der Waals surface area contributed by atoms with Crippen molar-refractivity contribution in [3.8, 4) is 10.7 Å². The molecule has 2 aromatic heterocycles. The molecule has 1 aromatic carbocycles. The average molecular weight is 549 g/mol. The number of alkyl carbamates (subject to hydrolysis) is 1. The zero-order valence-corrected chi connectivity index (χ0v) is 22.5. The molecule has 1 atom stereocenters. The van der Waals surface area contributed by atoms with Crippen molar-refractivity contribution in [2.75, 3.05) is 25.2 Å². The lowest BCUT2D eigenvalue weighted by Crippen LogP contribution is -2.42. The van der Waals surface area contributed by atoms with Gasteiger partial charge in [0.1, 0.15) is 29.0 Å². The summed E-state index contributed by atoms with van der Waals surface area (Å²) in [6, 6.07) is 8.75. The summed E-state index contributed by atoms with van der Waals surface area (Å²) in [5, 5.41) is 10.4. The normalized spacial score (nSPS) is 11.5. The fraction of sp³-hybridized carbons (Fsp3) is 0.375. The summed E-state index contributed by atoms with van der Waals surface area (Å²) >= 11 is 4.35. The maximum absolute atomic E-state index is 12.7. The number of ether oxygens (including phenoxy) is 2. The van der Waals surface area contributed by atoms with Crippen LogP contribution in [0.3, 0.4) is 0 Å². The largest absolute Gasteiger partial charge is 0.464 e. The van der Waals surface area contributed by atoms with Crippen molar-refractivity contribution >= 4 is 52.4 Å². The average Bonchev–Trinajstić information content (AvgIpc) is 3.56. The van der Waals surface area contributed by atoms with E-state index < -0.39 is 24.0 Å². The first-order valence-corrected chi connectivity index (χ1v) is 14.5. The standard InChI is InChI=1S/C24H28N4O5S3/c1-3-32-23(30)17(10-12-34-2)27-21(29)18-14-36-22(28-18)19-15-35-20(26-19)9-11-25-24(31)33-13-16-7-5-4-6-8-16/h4-8,14-15,17H,3,9-13H2,1-2H3,(H,25,31)(H,27,29). The lowest BCUT2D eigenvalue weighted by Gasteiger charge is -2.16. The molecular formula is C24H28N4O5S3. The Bertz CT molecular complexity index is 1140. The highest BCUT2D eigenvalue weighted by atomic mass is 32.2. The van der Waals surface area contributed by atoms with Gasteiger partial charge < -0.3 is 20.1 Å². The Labute approximate surface area is 222 Å². The fourth-order valence-corrected chi connectivity index (χ4v) is 5.11. The van der Waals surface area contributed by atoms with Gasteiger partial charge >= 0.3 is 12.1 Å². The van der Waals surface area contributed by atoms with Gasteiger partial charge in [0.15, 0.2) is 0 Å². The van der Waals surface area contributed by atoms with Crippen LogP contribution in [0.2, 0.25) is 0 Å². The van der Waals surface area contributed by atoms with E-state index >= 15 is 0 Å². The van der Waals surface area contributed by atoms with E-state index in [1.807, 2.05) is 42.0 Å². The summed E-state index contributed by atoms with van der Waals surface area (Å²) in [6.45, 7) is 2.58. The number of esters is 1. The van der Waals surface area contributed by atoms with Crippen LogP contribution in [0.4, 0.5) is 4.79 Å². The van der Waals surface area contributed by atoms with Crippen LogP contribution in [-0.4, -0.2) is 59.1 Å². The summed E-state index contributed by atoms with van der Waals surface area (Å²) in [5.74, 6) is -0.157. The van der Waals surface area contributed by atoms with Crippen LogP contribution in [0.15, 0.2) is 41.1 Å². The molecule has 3 aromatic rings. The maximum Gasteiger partial charge on any atom is 0.407 e. The van der Waals surface area contributed by atoms with Crippen LogP contribution in [-0.2, 0) is 27.3 Å². The Hall–Kier alpha value is -2.96. The van der Waals surface area contributed by atoms with E-state index in [4.69, 9.17) is 9.47 Å². The summed E-state index contributed by atoms with van der Waals surface area (Å²) in [4.78, 5) is 45.7. The molecule has 3 rings (SSSR count). The molecule has 0 radical (unpaired) electrons. The number of hydrogen-bond acceptors (Lipinski definition) is 10. The van der Waals surface area contributed by atoms with E-state index in [0.29, 0.717) is 35.8 Å². The topological polar surface area (TPSA) is 120 Å². The van der Waals surface area contributed by atoms with Gasteiger partial charge in [-0.25, -0.2) is 19.6 Å². The predicted octanol–water partition coefficient (Wildman–Crippen LogP) is 4.15. The highest BCUT2D eigenvalue weighted by molar-refractivity contribution is 7.98. The van der Waals surface area contributed by atoms with Crippen molar-refractivity contribution in [3.63, 3.8) is 0 Å². The first kappa shape index (κ1) is 27.6. The van der Waals surface area contributed by atoms with Gasteiger partial charge in [0.05, 0.1) is 11.6 Å². The number of thiazole rings is 2. The van der Waals surface area contributed by atoms with E-state index in [9.17, 15) is 14.4 Å². The molecule has 2 amide bonds. The number of amides is 2. The second-order valence-corrected chi connectivity index (χ2v) is 10.2. The van der Waals surface area contributed by atoms with E-state index in [1.165, 1.54) is 22.7 Å². The first-order valence-electron chi connectivity index (χ1n) is 11.3. The van der Waals surface area contributed by atoms with Crippen molar-refractivity contribution in [1.29, 1.82) is 0 Å². The van der Waals surface area contributed by atoms with Crippen molar-refractivity contribution in [1.82, 2.24) is 20.6 Å². The number of carbonyl (C=O) groups is 3. The third-order valence-corrected chi connectivity index (χ3v) is 7.23. The van der Waals surface area contributed by atoms with Crippen LogP contribution < -0.4 is 10.6 Å². The molecule has 0 bridgehead atoms. The Balaban J connectivity index is 1.48. The van der Waals surface area contributed by atoms with Crippen LogP contribution >= 0.6 is 34.4 Å². The number of rotatable bonds is 13. The van der Waals surface area contributed by atoms with Crippen molar-refractivity contribution in [3.05, 3.63) is 57.4 Å². The summed E-state index contributed by atoms with van der Waals surface area (Å²) in [5.41, 5.74) is 1.81. The molecule has 0 aliphatic rings. The molecule has 1 unspecified atom stereocenters. The zero-order chi connectivity index (χ0) is 25.8. The molecule has 192 valence electrons. The smallest absolute Gasteiger partial charge is 0.407 e. The van der Waals surface area contributed by atoms with Gasteiger partial charge in [-0.15, -0.1) is 22.7 Å². The van der Waals surface area contributed by atoms with Crippen LogP contribution in [0.5, 0.6) is 0 Å². The lowest BCUT2D eigenvalue weighted by atomic mass is 10.2. The Kier molecular flexibility index (Phi) is 11.2. The molecule has 0 saturated carbocycles. The summed E-state index contributed by atoms with van der Waals surface area (Å²) in [6.07, 6.45) is 2.48. The highest BCUT2D eigenvalue weighted by Gasteiger charge is 2.24. The quantitative estimate of drug-likeness (QED) is 0.306. The molecule has 0 aliphatic carbocycles. The highest BCUT2D eigenvalue weighted by Crippen LogP contribution is 2.25. The van der Waals surface area contributed by atoms with E-state index in [0.717, 1.165) is 10.6 Å². The fourth-order valence-electron chi connectivity index (χ4n) is 3.02. The first-order chi connectivity index (χ1) is 17.5. The van der Waals surface area contributed by atoms with Crippen LogP contribution in [0, 0.1) is 0 Å². The second kappa shape index (κ2) is 14.6. The van der Waals surface area contributed by atoms with E-state index in [-0.39, 0.29) is 18.9 Å². The van der Waals surface area contributed by atoms with Crippen molar-refractivity contribution < 1.29 is 23.9 Å². The number of thioether (sulfide) groups is 1. The van der Waals surface area contributed by atoms with Crippen molar-refractivity contribution in [2.24, 2.45) is 0 Å². The Morgan fingerprint density at radius 3 is 2.64 bits per heavy atom. The molecule has 36 heavy (non-hydrogen) atoms. The summed E-state index contributed by atoms with van der Waals surface area (Å²) < 4.78 is 10.3. The minimum absolute atomic E-state index is 0.214. The SMILES string of the molecule is CCOC(=O)C(CCSC)NC(=O)c1csc(-c2csc(CCNC(=O)OCc3ccccc3)n2)n1. The number of carbonyl (C=O) groups excluding carboxylic acids is 3. The van der Waals surface area contributed by atoms with Gasteiger partial charge in [-0.3, -0.25) is 4.79 Å². The molecule has 2 N–H and O–H groups in total. The molecule has 0 saturated heterocycles. The van der Waals surface area contributed by atoms with Gasteiger partial charge in [-0.1, -0.05) is 30.3 Å². The zero-order valence-electron chi connectivity index (χ0n) is 20.0. The van der Waals surface area contributed by atoms with Crippen LogP contribution in [0.1, 0.15) is 34.4 Å².